The first kappa shape index (κ1) is 14.0. The van der Waals surface area contributed by atoms with E-state index in [1.165, 1.54) is 5.57 Å². The van der Waals surface area contributed by atoms with Crippen LogP contribution in [0.25, 0.3) is 0 Å². The Kier molecular flexibility index (Phi) is 4.47. The summed E-state index contributed by atoms with van der Waals surface area (Å²) in [6.45, 7) is 5.26. The van der Waals surface area contributed by atoms with Crippen molar-refractivity contribution in [1.82, 2.24) is 0 Å². The van der Waals surface area contributed by atoms with Crippen LogP contribution in [-0.4, -0.2) is 24.3 Å². The zero-order valence-electron chi connectivity index (χ0n) is 10.3. The minimum absolute atomic E-state index is 0.0982. The molecule has 0 bridgehead atoms. The lowest BCUT2D eigenvalue weighted by molar-refractivity contribution is 0.558. The van der Waals surface area contributed by atoms with Crippen molar-refractivity contribution in [1.29, 1.82) is 0 Å². The van der Waals surface area contributed by atoms with Crippen LogP contribution >= 0.6 is 11.6 Å². The van der Waals surface area contributed by atoms with Crippen molar-refractivity contribution < 1.29 is 8.42 Å². The van der Waals surface area contributed by atoms with Crippen LogP contribution in [0.15, 0.2) is 11.6 Å². The molecule has 0 heterocycles. The molecule has 4 heteroatoms. The first-order valence-corrected chi connectivity index (χ1v) is 7.87. The summed E-state index contributed by atoms with van der Waals surface area (Å²) in [6, 6.07) is 0. The smallest absolute Gasteiger partial charge is 0.155 e. The SMILES string of the molecule is CC(C)(C)S(=O)(=O)CCC1=CC(Cl)CCC1. The molecule has 16 heavy (non-hydrogen) atoms. The van der Waals surface area contributed by atoms with Crippen molar-refractivity contribution >= 4 is 21.4 Å². The average molecular weight is 265 g/mol. The number of sulfone groups is 1. The van der Waals surface area contributed by atoms with Gasteiger partial charge in [-0.3, -0.25) is 0 Å². The van der Waals surface area contributed by atoms with Crippen molar-refractivity contribution in [3.63, 3.8) is 0 Å². The molecule has 0 fully saturated rings. The van der Waals surface area contributed by atoms with Crippen LogP contribution in [0.5, 0.6) is 0 Å². The molecular weight excluding hydrogens is 244 g/mol. The standard InChI is InChI=1S/C12H21ClO2S/c1-12(2,3)16(14,15)8-7-10-5-4-6-11(13)9-10/h9,11H,4-8H2,1-3H3. The van der Waals surface area contributed by atoms with Crippen LogP contribution < -0.4 is 0 Å². The van der Waals surface area contributed by atoms with E-state index in [1.807, 2.05) is 6.08 Å². The van der Waals surface area contributed by atoms with E-state index >= 15 is 0 Å². The molecule has 0 aliphatic heterocycles. The van der Waals surface area contributed by atoms with Gasteiger partial charge in [-0.2, -0.15) is 0 Å². The maximum atomic E-state index is 11.9. The Morgan fingerprint density at radius 2 is 2.06 bits per heavy atom. The molecule has 1 rings (SSSR count). The van der Waals surface area contributed by atoms with Gasteiger partial charge in [-0.05, 0) is 46.5 Å². The van der Waals surface area contributed by atoms with Crippen LogP contribution in [0, 0.1) is 0 Å². The van der Waals surface area contributed by atoms with Crippen molar-refractivity contribution in [2.45, 2.75) is 56.6 Å². The van der Waals surface area contributed by atoms with Crippen molar-refractivity contribution in [2.24, 2.45) is 0 Å². The maximum Gasteiger partial charge on any atom is 0.155 e. The first-order chi connectivity index (χ1) is 7.22. The molecule has 0 aromatic rings. The lowest BCUT2D eigenvalue weighted by atomic mass is 9.98. The third kappa shape index (κ3) is 3.77. The Balaban J connectivity index is 2.59. The highest BCUT2D eigenvalue weighted by Gasteiger charge is 2.28. The highest BCUT2D eigenvalue weighted by Crippen LogP contribution is 2.26. The largest absolute Gasteiger partial charge is 0.228 e. The summed E-state index contributed by atoms with van der Waals surface area (Å²) in [5.41, 5.74) is 1.21. The zero-order chi connectivity index (χ0) is 12.4. The van der Waals surface area contributed by atoms with Gasteiger partial charge in [0.05, 0.1) is 15.9 Å². The second kappa shape index (κ2) is 5.09. The Bertz CT molecular complexity index is 363. The predicted octanol–water partition coefficient (Wildman–Crippen LogP) is 3.31. The molecule has 0 saturated heterocycles. The lowest BCUT2D eigenvalue weighted by Gasteiger charge is -2.21. The Hall–Kier alpha value is -0.0200. The normalized spacial score (nSPS) is 23.0. The quantitative estimate of drug-likeness (QED) is 0.579. The molecule has 0 aromatic heterocycles. The zero-order valence-corrected chi connectivity index (χ0v) is 11.9. The Labute approximate surface area is 104 Å². The molecule has 0 amide bonds. The molecule has 0 aromatic carbocycles. The average Bonchev–Trinajstić information content (AvgIpc) is 2.13. The van der Waals surface area contributed by atoms with E-state index in [0.29, 0.717) is 6.42 Å². The minimum Gasteiger partial charge on any atom is -0.228 e. The van der Waals surface area contributed by atoms with Crippen LogP contribution in [0.2, 0.25) is 0 Å². The monoisotopic (exact) mass is 264 g/mol. The number of allylic oxidation sites excluding steroid dienone is 2. The van der Waals surface area contributed by atoms with Gasteiger partial charge in [-0.25, -0.2) is 8.42 Å². The summed E-state index contributed by atoms with van der Waals surface area (Å²) in [4.78, 5) is 0. The summed E-state index contributed by atoms with van der Waals surface area (Å²) >= 11 is 6.03. The molecule has 1 aliphatic carbocycles. The van der Waals surface area contributed by atoms with Gasteiger partial charge in [0.1, 0.15) is 0 Å². The summed E-state index contributed by atoms with van der Waals surface area (Å²) in [5, 5.41) is 0.0982. The minimum atomic E-state index is -3.00. The summed E-state index contributed by atoms with van der Waals surface area (Å²) < 4.78 is 23.2. The number of hydrogen-bond acceptors (Lipinski definition) is 2. The fourth-order valence-electron chi connectivity index (χ4n) is 1.73. The molecule has 1 atom stereocenters. The summed E-state index contributed by atoms with van der Waals surface area (Å²) in [5.74, 6) is 0.242. The van der Waals surface area contributed by atoms with Gasteiger partial charge in [-0.1, -0.05) is 11.6 Å². The number of rotatable bonds is 3. The fraction of sp³-hybridized carbons (Fsp3) is 0.833. The molecule has 0 spiro atoms. The Morgan fingerprint density at radius 1 is 1.44 bits per heavy atom. The van der Waals surface area contributed by atoms with Crippen LogP contribution in [-0.2, 0) is 9.84 Å². The molecule has 1 unspecified atom stereocenters. The topological polar surface area (TPSA) is 34.1 Å². The fourth-order valence-corrected chi connectivity index (χ4v) is 3.20. The van der Waals surface area contributed by atoms with E-state index in [-0.39, 0.29) is 11.1 Å². The third-order valence-electron chi connectivity index (χ3n) is 3.02. The van der Waals surface area contributed by atoms with E-state index in [0.717, 1.165) is 19.3 Å². The first-order valence-electron chi connectivity index (χ1n) is 5.78. The number of alkyl halides is 1. The number of hydrogen-bond donors (Lipinski definition) is 0. The molecule has 2 nitrogen and oxygen atoms in total. The molecule has 94 valence electrons. The molecule has 0 radical (unpaired) electrons. The second-order valence-corrected chi connectivity index (χ2v) is 8.84. The van der Waals surface area contributed by atoms with Gasteiger partial charge in [-0.15, -0.1) is 11.6 Å². The van der Waals surface area contributed by atoms with Crippen molar-refractivity contribution in [3.05, 3.63) is 11.6 Å². The molecule has 0 saturated carbocycles. The molecule has 0 N–H and O–H groups in total. The lowest BCUT2D eigenvalue weighted by Crippen LogP contribution is -2.30. The predicted molar refractivity (Wildman–Crippen MR) is 69.7 cm³/mol. The van der Waals surface area contributed by atoms with Crippen molar-refractivity contribution in [3.8, 4) is 0 Å². The highest BCUT2D eigenvalue weighted by molar-refractivity contribution is 7.92. The van der Waals surface area contributed by atoms with Gasteiger partial charge in [0.25, 0.3) is 0 Å². The van der Waals surface area contributed by atoms with Gasteiger partial charge in [0, 0.05) is 0 Å². The van der Waals surface area contributed by atoms with E-state index in [2.05, 4.69) is 0 Å². The van der Waals surface area contributed by atoms with Crippen LogP contribution in [0.1, 0.15) is 46.5 Å². The molecule has 1 aliphatic rings. The number of halogens is 1. The third-order valence-corrected chi connectivity index (χ3v) is 5.97. The summed E-state index contributed by atoms with van der Waals surface area (Å²) in [7, 11) is -3.00. The van der Waals surface area contributed by atoms with Crippen LogP contribution in [0.3, 0.4) is 0 Å². The van der Waals surface area contributed by atoms with E-state index < -0.39 is 14.6 Å². The van der Waals surface area contributed by atoms with Crippen LogP contribution in [0.4, 0.5) is 0 Å². The van der Waals surface area contributed by atoms with Gasteiger partial charge in [0.15, 0.2) is 9.84 Å². The Morgan fingerprint density at radius 3 is 2.56 bits per heavy atom. The van der Waals surface area contributed by atoms with E-state index in [9.17, 15) is 8.42 Å². The van der Waals surface area contributed by atoms with Crippen molar-refractivity contribution in [2.75, 3.05) is 5.75 Å². The summed E-state index contributed by atoms with van der Waals surface area (Å²) in [6.07, 6.45) is 5.77. The van der Waals surface area contributed by atoms with Gasteiger partial charge in [0.2, 0.25) is 0 Å². The van der Waals surface area contributed by atoms with E-state index in [1.54, 1.807) is 20.8 Å². The second-order valence-electron chi connectivity index (χ2n) is 5.41. The maximum absolute atomic E-state index is 11.9. The molecular formula is C12H21ClO2S. The van der Waals surface area contributed by atoms with Gasteiger partial charge < -0.3 is 0 Å². The highest BCUT2D eigenvalue weighted by atomic mass is 35.5. The van der Waals surface area contributed by atoms with Gasteiger partial charge >= 0.3 is 0 Å². The van der Waals surface area contributed by atoms with E-state index in [4.69, 9.17) is 11.6 Å².